The number of carbonyl (C=O) groups is 1. The highest BCUT2D eigenvalue weighted by Gasteiger charge is 2.32. The molecule has 1 aliphatic rings. The van der Waals surface area contributed by atoms with Crippen LogP contribution in [-0.2, 0) is 11.3 Å². The number of allylic oxidation sites excluding steroid dienone is 1. The molecular weight excluding hydrogens is 457 g/mol. The van der Waals surface area contributed by atoms with Gasteiger partial charge in [-0.15, -0.1) is 0 Å². The number of hydrogen-bond acceptors (Lipinski definition) is 6. The van der Waals surface area contributed by atoms with Crippen molar-refractivity contribution in [2.24, 2.45) is 5.92 Å². The van der Waals surface area contributed by atoms with Gasteiger partial charge in [0, 0.05) is 42.7 Å². The summed E-state index contributed by atoms with van der Waals surface area (Å²) in [7, 11) is 1.97. The first-order chi connectivity index (χ1) is 17.0. The van der Waals surface area contributed by atoms with Crippen molar-refractivity contribution >= 4 is 5.91 Å². The molecule has 1 N–H and O–H groups in total. The number of pyridine rings is 1. The van der Waals surface area contributed by atoms with Gasteiger partial charge in [-0.1, -0.05) is 45.9 Å². The first-order valence-electron chi connectivity index (χ1n) is 12.5. The topological polar surface area (TPSA) is 81.5 Å². The second-order valence-electron chi connectivity index (χ2n) is 9.75. The summed E-state index contributed by atoms with van der Waals surface area (Å²) >= 11 is 0. The Balaban J connectivity index is 2.19. The third-order valence-corrected chi connectivity index (χ3v) is 6.46. The number of nitriles is 1. The number of ether oxygens (including phenoxy) is 1. The molecule has 0 aliphatic carbocycles. The first kappa shape index (κ1) is 29.1. The van der Waals surface area contributed by atoms with Crippen molar-refractivity contribution in [3.63, 3.8) is 0 Å². The average molecular weight is 498 g/mol. The van der Waals surface area contributed by atoms with Crippen LogP contribution in [0.3, 0.4) is 0 Å². The van der Waals surface area contributed by atoms with Gasteiger partial charge in [-0.25, -0.2) is 14.4 Å². The van der Waals surface area contributed by atoms with Crippen LogP contribution in [0.25, 0.3) is 0 Å². The van der Waals surface area contributed by atoms with Crippen molar-refractivity contribution < 1.29 is 13.9 Å². The van der Waals surface area contributed by atoms with Crippen LogP contribution in [0.15, 0.2) is 48.3 Å². The van der Waals surface area contributed by atoms with Crippen molar-refractivity contribution in [3.05, 3.63) is 59.5 Å². The number of halogens is 1. The minimum absolute atomic E-state index is 0.0524. The lowest BCUT2D eigenvalue weighted by atomic mass is 9.96. The third kappa shape index (κ3) is 7.66. The summed E-state index contributed by atoms with van der Waals surface area (Å²) in [6, 6.07) is 3.87. The van der Waals surface area contributed by atoms with E-state index in [9.17, 15) is 9.18 Å². The molecule has 2 rings (SSSR count). The molecule has 36 heavy (non-hydrogen) atoms. The molecule has 0 aromatic carbocycles. The number of nitrogens with one attached hydrogen (secondary N) is 1. The van der Waals surface area contributed by atoms with Gasteiger partial charge < -0.3 is 15.1 Å². The standard InChI is InChI=1S/C28H40FN5O2/c1-8-9-10-12-25-24(22(5)26(35)31-14-11-13-30)18-34(33(25)7)17-23-15-21(4)27(32-16-23)36-19-28(6,29)20(2)3/h10,12,15-16,18,20,25H,5,8-9,11,14,17,19H2,1-4,6-7H3,(H,31,35)/b12-10-. The van der Waals surface area contributed by atoms with Gasteiger partial charge in [0.2, 0.25) is 5.88 Å². The Morgan fingerprint density at radius 2 is 2.19 bits per heavy atom. The molecule has 0 radical (unpaired) electrons. The Morgan fingerprint density at radius 3 is 2.81 bits per heavy atom. The highest BCUT2D eigenvalue weighted by molar-refractivity contribution is 5.97. The van der Waals surface area contributed by atoms with Crippen LogP contribution in [0.4, 0.5) is 4.39 Å². The van der Waals surface area contributed by atoms with Crippen LogP contribution in [0.1, 0.15) is 58.1 Å². The lowest BCUT2D eigenvalue weighted by Gasteiger charge is -2.29. The fraction of sp³-hybridized carbons (Fsp3) is 0.536. The molecule has 2 atom stereocenters. The van der Waals surface area contributed by atoms with Crippen LogP contribution in [0.2, 0.25) is 0 Å². The van der Waals surface area contributed by atoms with E-state index in [0.717, 1.165) is 29.5 Å². The lowest BCUT2D eigenvalue weighted by molar-refractivity contribution is -0.117. The van der Waals surface area contributed by atoms with Gasteiger partial charge in [0.15, 0.2) is 0 Å². The Morgan fingerprint density at radius 1 is 1.47 bits per heavy atom. The van der Waals surface area contributed by atoms with E-state index >= 15 is 0 Å². The number of aromatic nitrogens is 1. The molecule has 2 unspecified atom stereocenters. The zero-order chi connectivity index (χ0) is 26.9. The van der Waals surface area contributed by atoms with E-state index in [2.05, 4.69) is 41.0 Å². The largest absolute Gasteiger partial charge is 0.474 e. The number of nitrogens with zero attached hydrogens (tertiary/aromatic N) is 4. The van der Waals surface area contributed by atoms with Gasteiger partial charge in [-0.05, 0) is 37.8 Å². The van der Waals surface area contributed by atoms with Gasteiger partial charge in [0.1, 0.15) is 12.3 Å². The summed E-state index contributed by atoms with van der Waals surface area (Å²) in [5.74, 6) is -0.00995. The molecule has 0 bridgehead atoms. The second kappa shape index (κ2) is 13.2. The number of rotatable bonds is 13. The van der Waals surface area contributed by atoms with Crippen LogP contribution in [0, 0.1) is 24.2 Å². The highest BCUT2D eigenvalue weighted by atomic mass is 19.1. The van der Waals surface area contributed by atoms with E-state index in [0.29, 0.717) is 18.0 Å². The summed E-state index contributed by atoms with van der Waals surface area (Å²) in [6.45, 7) is 14.0. The number of unbranched alkanes of at least 4 members (excludes halogenated alkanes) is 1. The molecule has 0 fully saturated rings. The van der Waals surface area contributed by atoms with Crippen molar-refractivity contribution in [1.29, 1.82) is 5.26 Å². The molecule has 196 valence electrons. The molecular formula is C28H40FN5O2. The molecule has 1 aliphatic heterocycles. The van der Waals surface area contributed by atoms with Gasteiger partial charge in [0.25, 0.3) is 5.91 Å². The SMILES string of the molecule is C=C(C(=O)NCCC#N)C1=CN(Cc2cnc(OCC(C)(F)C(C)C)c(C)c2)N(C)C1/C=C\CCC. The maximum atomic E-state index is 14.6. The number of likely N-dealkylation sites (N-methyl/N-ethyl adjacent to an activating group) is 1. The number of amides is 1. The normalized spacial score (nSPS) is 17.7. The van der Waals surface area contributed by atoms with Crippen LogP contribution >= 0.6 is 0 Å². The fourth-order valence-corrected chi connectivity index (χ4v) is 3.61. The molecule has 2 heterocycles. The monoisotopic (exact) mass is 497 g/mol. The van der Waals surface area contributed by atoms with Crippen molar-refractivity contribution in [2.45, 2.75) is 72.1 Å². The summed E-state index contributed by atoms with van der Waals surface area (Å²) in [5.41, 5.74) is 1.54. The summed E-state index contributed by atoms with van der Waals surface area (Å²) in [5, 5.41) is 15.6. The Hall–Kier alpha value is -3.18. The van der Waals surface area contributed by atoms with Gasteiger partial charge in [0.05, 0.1) is 25.1 Å². The Bertz CT molecular complexity index is 1030. The van der Waals surface area contributed by atoms with E-state index in [-0.39, 0.29) is 37.4 Å². The first-order valence-corrected chi connectivity index (χ1v) is 12.5. The maximum absolute atomic E-state index is 14.6. The van der Waals surface area contributed by atoms with Crippen LogP contribution in [-0.4, -0.2) is 52.8 Å². The minimum atomic E-state index is -1.43. The summed E-state index contributed by atoms with van der Waals surface area (Å²) < 4.78 is 20.3. The number of hydrazine groups is 1. The van der Waals surface area contributed by atoms with Crippen molar-refractivity contribution in [2.75, 3.05) is 20.2 Å². The zero-order valence-electron chi connectivity index (χ0n) is 22.5. The second-order valence-corrected chi connectivity index (χ2v) is 9.75. The number of aryl methyl sites for hydroxylation is 1. The molecule has 0 saturated heterocycles. The fourth-order valence-electron chi connectivity index (χ4n) is 3.61. The van der Waals surface area contributed by atoms with E-state index in [1.165, 1.54) is 6.92 Å². The van der Waals surface area contributed by atoms with E-state index in [1.807, 2.05) is 51.2 Å². The van der Waals surface area contributed by atoms with E-state index in [4.69, 9.17) is 10.00 Å². The van der Waals surface area contributed by atoms with Gasteiger partial charge in [-0.3, -0.25) is 4.79 Å². The molecule has 1 aromatic rings. The Kier molecular flexibility index (Phi) is 10.7. The zero-order valence-corrected chi connectivity index (χ0v) is 22.5. The molecule has 0 spiro atoms. The van der Waals surface area contributed by atoms with Crippen molar-refractivity contribution in [3.8, 4) is 11.9 Å². The molecule has 7 nitrogen and oxygen atoms in total. The Labute approximate surface area is 215 Å². The third-order valence-electron chi connectivity index (χ3n) is 6.46. The maximum Gasteiger partial charge on any atom is 0.251 e. The highest BCUT2D eigenvalue weighted by Crippen LogP contribution is 2.30. The van der Waals surface area contributed by atoms with Crippen LogP contribution < -0.4 is 10.1 Å². The molecule has 8 heteroatoms. The van der Waals surface area contributed by atoms with Crippen molar-refractivity contribution in [1.82, 2.24) is 20.3 Å². The van der Waals surface area contributed by atoms with E-state index in [1.54, 1.807) is 6.20 Å². The summed E-state index contributed by atoms with van der Waals surface area (Å²) in [6.07, 6.45) is 10.1. The minimum Gasteiger partial charge on any atom is -0.474 e. The van der Waals surface area contributed by atoms with E-state index < -0.39 is 5.67 Å². The van der Waals surface area contributed by atoms with Gasteiger partial charge in [-0.2, -0.15) is 5.26 Å². The van der Waals surface area contributed by atoms with Crippen LogP contribution in [0.5, 0.6) is 5.88 Å². The molecule has 1 amide bonds. The predicted octanol–water partition coefficient (Wildman–Crippen LogP) is 5.01. The number of carbonyl (C=O) groups excluding carboxylic acids is 1. The summed E-state index contributed by atoms with van der Waals surface area (Å²) in [4.78, 5) is 17.1. The lowest BCUT2D eigenvalue weighted by Crippen LogP contribution is -2.38. The predicted molar refractivity (Wildman–Crippen MR) is 140 cm³/mol. The number of hydrogen-bond donors (Lipinski definition) is 1. The quantitative estimate of drug-likeness (QED) is 0.234. The average Bonchev–Trinajstić information content (AvgIpc) is 3.13. The smallest absolute Gasteiger partial charge is 0.251 e. The van der Waals surface area contributed by atoms with Gasteiger partial charge >= 0.3 is 0 Å². The molecule has 1 aromatic heterocycles. The molecule has 0 saturated carbocycles. The number of alkyl halides is 1.